The van der Waals surface area contributed by atoms with Crippen molar-refractivity contribution in [3.63, 3.8) is 0 Å². The molecule has 0 aromatic carbocycles. The van der Waals surface area contributed by atoms with Crippen molar-refractivity contribution in [3.05, 3.63) is 24.8 Å². The minimum atomic E-state index is -0.434. The molecule has 0 amide bonds. The van der Waals surface area contributed by atoms with Crippen LogP contribution in [-0.2, 0) is 19.1 Å². The van der Waals surface area contributed by atoms with Crippen molar-refractivity contribution in [3.8, 4) is 0 Å². The molecular formula is C15H22O4. The third-order valence-electron chi connectivity index (χ3n) is 3.46. The molecule has 0 aromatic heterocycles. The molecule has 0 radical (unpaired) electrons. The Morgan fingerprint density at radius 1 is 1.16 bits per heavy atom. The average Bonchev–Trinajstić information content (AvgIpc) is 2.43. The lowest BCUT2D eigenvalue weighted by Crippen LogP contribution is -2.36. The molecule has 0 heterocycles. The van der Waals surface area contributed by atoms with E-state index in [2.05, 4.69) is 13.2 Å². The van der Waals surface area contributed by atoms with Crippen LogP contribution in [-0.4, -0.2) is 25.2 Å². The fraction of sp³-hybridized carbons (Fsp3) is 0.600. The van der Waals surface area contributed by atoms with Crippen LogP contribution in [0.15, 0.2) is 24.8 Å². The van der Waals surface area contributed by atoms with Gasteiger partial charge in [0, 0.05) is 17.1 Å². The van der Waals surface area contributed by atoms with E-state index in [1.165, 1.54) is 6.42 Å². The first-order valence-corrected chi connectivity index (χ1v) is 6.61. The van der Waals surface area contributed by atoms with Crippen LogP contribution in [0.3, 0.4) is 0 Å². The monoisotopic (exact) mass is 266 g/mol. The Morgan fingerprint density at radius 3 is 2.26 bits per heavy atom. The summed E-state index contributed by atoms with van der Waals surface area (Å²) in [6.45, 7) is 9.11. The number of carbonyl (C=O) groups is 2. The lowest BCUT2D eigenvalue weighted by molar-refractivity contribution is -0.150. The van der Waals surface area contributed by atoms with Gasteiger partial charge in [-0.15, -0.1) is 0 Å². The highest BCUT2D eigenvalue weighted by Gasteiger charge is 2.35. The van der Waals surface area contributed by atoms with E-state index >= 15 is 0 Å². The highest BCUT2D eigenvalue weighted by atomic mass is 16.5. The van der Waals surface area contributed by atoms with Gasteiger partial charge < -0.3 is 9.47 Å². The number of esters is 2. The Balaban J connectivity index is 2.59. The van der Waals surface area contributed by atoms with Crippen LogP contribution in [0, 0.1) is 5.41 Å². The average molecular weight is 266 g/mol. The van der Waals surface area contributed by atoms with Gasteiger partial charge in [0.15, 0.2) is 0 Å². The lowest BCUT2D eigenvalue weighted by atomic mass is 9.75. The van der Waals surface area contributed by atoms with Gasteiger partial charge in [-0.1, -0.05) is 32.4 Å². The van der Waals surface area contributed by atoms with Crippen LogP contribution in [0.1, 0.15) is 39.0 Å². The SMILES string of the molecule is C=CC(=O)OCC1(COC(=O)C(=C)C)CCCCC1. The topological polar surface area (TPSA) is 52.6 Å². The largest absolute Gasteiger partial charge is 0.462 e. The van der Waals surface area contributed by atoms with E-state index in [1.807, 2.05) is 0 Å². The van der Waals surface area contributed by atoms with Gasteiger partial charge in [0.1, 0.15) is 13.2 Å². The van der Waals surface area contributed by atoms with Gasteiger partial charge in [0.25, 0.3) is 0 Å². The second-order valence-corrected chi connectivity index (χ2v) is 5.23. The summed E-state index contributed by atoms with van der Waals surface area (Å²) in [7, 11) is 0. The number of ether oxygens (including phenoxy) is 2. The molecule has 4 nitrogen and oxygen atoms in total. The van der Waals surface area contributed by atoms with Gasteiger partial charge in [0.2, 0.25) is 0 Å². The predicted molar refractivity (Wildman–Crippen MR) is 72.4 cm³/mol. The Labute approximate surface area is 114 Å². The summed E-state index contributed by atoms with van der Waals surface area (Å²) in [6.07, 6.45) is 6.26. The van der Waals surface area contributed by atoms with Crippen LogP contribution >= 0.6 is 0 Å². The van der Waals surface area contributed by atoms with E-state index in [0.717, 1.165) is 31.8 Å². The summed E-state index contributed by atoms with van der Waals surface area (Å²) < 4.78 is 10.4. The van der Waals surface area contributed by atoms with Gasteiger partial charge in [-0.3, -0.25) is 0 Å². The quantitative estimate of drug-likeness (QED) is 0.548. The second-order valence-electron chi connectivity index (χ2n) is 5.23. The maximum absolute atomic E-state index is 11.5. The number of rotatable bonds is 6. The molecule has 0 aliphatic heterocycles. The molecule has 0 N–H and O–H groups in total. The number of hydrogen-bond acceptors (Lipinski definition) is 4. The normalized spacial score (nSPS) is 17.3. The van der Waals surface area contributed by atoms with Gasteiger partial charge in [-0.25, -0.2) is 9.59 Å². The van der Waals surface area contributed by atoms with Crippen molar-refractivity contribution in [2.75, 3.05) is 13.2 Å². The van der Waals surface area contributed by atoms with E-state index < -0.39 is 5.97 Å². The smallest absolute Gasteiger partial charge is 0.333 e. The standard InChI is InChI=1S/C15H22O4/c1-4-13(16)18-10-15(8-6-5-7-9-15)11-19-14(17)12(2)3/h4H,1-2,5-11H2,3H3. The highest BCUT2D eigenvalue weighted by Crippen LogP contribution is 2.37. The molecule has 1 saturated carbocycles. The second kappa shape index (κ2) is 7.12. The van der Waals surface area contributed by atoms with Crippen LogP contribution < -0.4 is 0 Å². The third kappa shape index (κ3) is 4.89. The first-order valence-electron chi connectivity index (χ1n) is 6.61. The Kier molecular flexibility index (Phi) is 5.80. The highest BCUT2D eigenvalue weighted by molar-refractivity contribution is 5.86. The number of hydrogen-bond donors (Lipinski definition) is 0. The van der Waals surface area contributed by atoms with E-state index in [4.69, 9.17) is 9.47 Å². The molecule has 0 aromatic rings. The summed E-state index contributed by atoms with van der Waals surface area (Å²) in [5.74, 6) is -0.823. The van der Waals surface area contributed by atoms with E-state index in [1.54, 1.807) is 6.92 Å². The van der Waals surface area contributed by atoms with Crippen molar-refractivity contribution >= 4 is 11.9 Å². The zero-order valence-corrected chi connectivity index (χ0v) is 11.6. The van der Waals surface area contributed by atoms with Gasteiger partial charge in [-0.05, 0) is 19.8 Å². The van der Waals surface area contributed by atoms with Crippen molar-refractivity contribution in [1.29, 1.82) is 0 Å². The van der Waals surface area contributed by atoms with Crippen molar-refractivity contribution in [2.24, 2.45) is 5.41 Å². The zero-order valence-electron chi connectivity index (χ0n) is 11.6. The zero-order chi connectivity index (χ0) is 14.3. The minimum absolute atomic E-state index is 0.248. The Morgan fingerprint density at radius 2 is 1.74 bits per heavy atom. The molecule has 1 fully saturated rings. The van der Waals surface area contributed by atoms with Crippen molar-refractivity contribution < 1.29 is 19.1 Å². The van der Waals surface area contributed by atoms with Gasteiger partial charge in [0.05, 0.1) is 0 Å². The summed E-state index contributed by atoms with van der Waals surface area (Å²) in [6, 6.07) is 0. The molecule has 4 heteroatoms. The van der Waals surface area contributed by atoms with E-state index in [9.17, 15) is 9.59 Å². The summed E-state index contributed by atoms with van der Waals surface area (Å²) in [5, 5.41) is 0. The molecule has 106 valence electrons. The van der Waals surface area contributed by atoms with Gasteiger partial charge >= 0.3 is 11.9 Å². The van der Waals surface area contributed by atoms with E-state index in [-0.39, 0.29) is 24.6 Å². The number of carbonyl (C=O) groups excluding carboxylic acids is 2. The Bertz CT molecular complexity index is 364. The minimum Gasteiger partial charge on any atom is -0.462 e. The molecule has 1 rings (SSSR count). The molecule has 0 spiro atoms. The molecule has 1 aliphatic rings. The lowest BCUT2D eigenvalue weighted by Gasteiger charge is -2.35. The molecule has 1 aliphatic carbocycles. The summed E-state index contributed by atoms with van der Waals surface area (Å²) in [5.41, 5.74) is 0.135. The predicted octanol–water partition coefficient (Wildman–Crippen LogP) is 2.79. The molecule has 0 atom stereocenters. The van der Waals surface area contributed by atoms with Crippen LogP contribution in [0.25, 0.3) is 0 Å². The van der Waals surface area contributed by atoms with Crippen molar-refractivity contribution in [2.45, 2.75) is 39.0 Å². The maximum Gasteiger partial charge on any atom is 0.333 e. The van der Waals surface area contributed by atoms with Gasteiger partial charge in [-0.2, -0.15) is 0 Å². The molecule has 19 heavy (non-hydrogen) atoms. The first kappa shape index (κ1) is 15.5. The fourth-order valence-electron chi connectivity index (χ4n) is 2.26. The molecule has 0 bridgehead atoms. The molecule has 0 saturated heterocycles. The van der Waals surface area contributed by atoms with Crippen LogP contribution in [0.4, 0.5) is 0 Å². The van der Waals surface area contributed by atoms with Crippen LogP contribution in [0.5, 0.6) is 0 Å². The van der Waals surface area contributed by atoms with Crippen molar-refractivity contribution in [1.82, 2.24) is 0 Å². The third-order valence-corrected chi connectivity index (χ3v) is 3.46. The fourth-order valence-corrected chi connectivity index (χ4v) is 2.26. The van der Waals surface area contributed by atoms with Crippen LogP contribution in [0.2, 0.25) is 0 Å². The molecule has 0 unspecified atom stereocenters. The maximum atomic E-state index is 11.5. The Hall–Kier alpha value is -1.58. The van der Waals surface area contributed by atoms with E-state index in [0.29, 0.717) is 5.57 Å². The first-order chi connectivity index (χ1) is 8.99. The summed E-state index contributed by atoms with van der Waals surface area (Å²) >= 11 is 0. The molecular weight excluding hydrogens is 244 g/mol. The summed E-state index contributed by atoms with van der Waals surface area (Å²) in [4.78, 5) is 22.7.